The fourth-order valence-electron chi connectivity index (χ4n) is 2.69. The molecule has 1 unspecified atom stereocenters. The summed E-state index contributed by atoms with van der Waals surface area (Å²) in [6.45, 7) is 10.0. The summed E-state index contributed by atoms with van der Waals surface area (Å²) in [4.78, 5) is 1.47. The van der Waals surface area contributed by atoms with Crippen molar-refractivity contribution in [1.29, 1.82) is 0 Å². The molecule has 0 amide bonds. The Labute approximate surface area is 133 Å². The maximum absolute atomic E-state index is 3.73. The van der Waals surface area contributed by atoms with Crippen LogP contribution >= 0.6 is 11.3 Å². The van der Waals surface area contributed by atoms with Crippen LogP contribution in [-0.2, 0) is 11.8 Å². The summed E-state index contributed by atoms with van der Waals surface area (Å²) in [6, 6.07) is 15.4. The van der Waals surface area contributed by atoms with Crippen LogP contribution in [0.4, 0.5) is 0 Å². The summed E-state index contributed by atoms with van der Waals surface area (Å²) in [7, 11) is 0. The molecule has 0 fully saturated rings. The summed E-state index contributed by atoms with van der Waals surface area (Å²) in [6.07, 6.45) is 2.24. The monoisotopic (exact) mass is 301 g/mol. The van der Waals surface area contributed by atoms with Gasteiger partial charge in [-0.3, -0.25) is 0 Å². The number of benzene rings is 1. The zero-order valence-corrected chi connectivity index (χ0v) is 14.5. The molecule has 0 saturated heterocycles. The Bertz CT molecular complexity index is 524. The highest BCUT2D eigenvalue weighted by Crippen LogP contribution is 2.33. The van der Waals surface area contributed by atoms with Crippen LogP contribution in [0, 0.1) is 0 Å². The molecule has 2 aromatic rings. The largest absolute Gasteiger partial charge is 0.311 e. The molecule has 1 heterocycles. The van der Waals surface area contributed by atoms with E-state index in [2.05, 4.69) is 80.9 Å². The molecule has 114 valence electrons. The third-order valence-corrected chi connectivity index (χ3v) is 4.99. The minimum absolute atomic E-state index is 0.144. The van der Waals surface area contributed by atoms with Crippen LogP contribution in [0.1, 0.15) is 44.6 Å². The molecule has 1 atom stereocenters. The number of thiophene rings is 1. The Hall–Kier alpha value is -1.12. The Morgan fingerprint density at radius 2 is 1.71 bits per heavy atom. The first kappa shape index (κ1) is 16.3. The highest BCUT2D eigenvalue weighted by Gasteiger charge is 2.32. The molecule has 0 bridgehead atoms. The molecule has 1 nitrogen and oxygen atoms in total. The van der Waals surface area contributed by atoms with Crippen molar-refractivity contribution >= 4 is 11.3 Å². The van der Waals surface area contributed by atoms with E-state index in [0.29, 0.717) is 0 Å². The third kappa shape index (κ3) is 4.42. The van der Waals surface area contributed by atoms with Gasteiger partial charge in [-0.25, -0.2) is 0 Å². The average molecular weight is 301 g/mol. The van der Waals surface area contributed by atoms with E-state index >= 15 is 0 Å². The molecule has 1 aromatic heterocycles. The van der Waals surface area contributed by atoms with Gasteiger partial charge in [0, 0.05) is 22.4 Å². The predicted octanol–water partition coefficient (Wildman–Crippen LogP) is 5.03. The van der Waals surface area contributed by atoms with E-state index in [0.717, 1.165) is 19.4 Å². The zero-order valence-electron chi connectivity index (χ0n) is 13.6. The van der Waals surface area contributed by atoms with Crippen molar-refractivity contribution in [3.63, 3.8) is 0 Å². The lowest BCUT2D eigenvalue weighted by molar-refractivity contribution is 0.319. The van der Waals surface area contributed by atoms with Gasteiger partial charge in [-0.05, 0) is 50.6 Å². The van der Waals surface area contributed by atoms with Crippen LogP contribution in [0.3, 0.4) is 0 Å². The second kappa shape index (κ2) is 6.76. The van der Waals surface area contributed by atoms with E-state index in [1.807, 2.05) is 11.3 Å². The SMILES string of the molecule is CCC(CNC(C)(C)C)(Cc1cccs1)c1ccccc1. The Kier molecular flexibility index (Phi) is 5.23. The van der Waals surface area contributed by atoms with Crippen molar-refractivity contribution in [2.75, 3.05) is 6.54 Å². The van der Waals surface area contributed by atoms with Gasteiger partial charge in [-0.2, -0.15) is 0 Å². The second-order valence-corrected chi connectivity index (χ2v) is 7.89. The maximum atomic E-state index is 3.73. The number of hydrogen-bond donors (Lipinski definition) is 1. The summed E-state index contributed by atoms with van der Waals surface area (Å²) >= 11 is 1.87. The van der Waals surface area contributed by atoms with E-state index in [4.69, 9.17) is 0 Å². The molecule has 2 heteroatoms. The van der Waals surface area contributed by atoms with Crippen molar-refractivity contribution in [1.82, 2.24) is 5.32 Å². The van der Waals surface area contributed by atoms with Crippen LogP contribution in [0.2, 0.25) is 0 Å². The smallest absolute Gasteiger partial charge is 0.0123 e. The molecule has 2 rings (SSSR count). The van der Waals surface area contributed by atoms with Crippen LogP contribution in [0.5, 0.6) is 0 Å². The molecule has 0 aliphatic rings. The van der Waals surface area contributed by atoms with Gasteiger partial charge in [0.05, 0.1) is 0 Å². The van der Waals surface area contributed by atoms with E-state index in [-0.39, 0.29) is 11.0 Å². The first-order chi connectivity index (χ1) is 9.95. The minimum atomic E-state index is 0.144. The van der Waals surface area contributed by atoms with Gasteiger partial charge in [-0.1, -0.05) is 43.3 Å². The van der Waals surface area contributed by atoms with E-state index in [9.17, 15) is 0 Å². The van der Waals surface area contributed by atoms with Crippen molar-refractivity contribution in [2.24, 2.45) is 0 Å². The van der Waals surface area contributed by atoms with E-state index in [1.165, 1.54) is 10.4 Å². The zero-order chi connectivity index (χ0) is 15.3. The van der Waals surface area contributed by atoms with E-state index in [1.54, 1.807) is 0 Å². The fraction of sp³-hybridized carbons (Fsp3) is 0.474. The summed E-state index contributed by atoms with van der Waals surface area (Å²) < 4.78 is 0. The summed E-state index contributed by atoms with van der Waals surface area (Å²) in [5, 5.41) is 5.91. The Balaban J connectivity index is 2.31. The molecular formula is C19H27NS. The molecule has 0 aliphatic carbocycles. The number of rotatable bonds is 6. The summed E-state index contributed by atoms with van der Waals surface area (Å²) in [5.74, 6) is 0. The first-order valence-corrected chi connectivity index (χ1v) is 8.66. The van der Waals surface area contributed by atoms with E-state index < -0.39 is 0 Å². The fourth-order valence-corrected chi connectivity index (χ4v) is 3.54. The lowest BCUT2D eigenvalue weighted by Crippen LogP contribution is -2.47. The van der Waals surface area contributed by atoms with Crippen LogP contribution in [0.25, 0.3) is 0 Å². The van der Waals surface area contributed by atoms with Gasteiger partial charge in [0.1, 0.15) is 0 Å². The first-order valence-electron chi connectivity index (χ1n) is 7.78. The standard InChI is InChI=1S/C19H27NS/c1-5-19(15-20-18(2,3)4,14-17-12-9-13-21-17)16-10-7-6-8-11-16/h6-13,20H,5,14-15H2,1-4H3. The Morgan fingerprint density at radius 3 is 2.24 bits per heavy atom. The molecule has 21 heavy (non-hydrogen) atoms. The molecule has 0 aliphatic heterocycles. The minimum Gasteiger partial charge on any atom is -0.311 e. The van der Waals surface area contributed by atoms with Gasteiger partial charge in [0.15, 0.2) is 0 Å². The lowest BCUT2D eigenvalue weighted by Gasteiger charge is -2.36. The van der Waals surface area contributed by atoms with Crippen molar-refractivity contribution in [3.05, 3.63) is 58.3 Å². The molecule has 0 radical (unpaired) electrons. The maximum Gasteiger partial charge on any atom is 0.0123 e. The van der Waals surface area contributed by atoms with Gasteiger partial charge in [0.2, 0.25) is 0 Å². The third-order valence-electron chi connectivity index (χ3n) is 4.11. The van der Waals surface area contributed by atoms with Gasteiger partial charge >= 0.3 is 0 Å². The topological polar surface area (TPSA) is 12.0 Å². The molecule has 1 aromatic carbocycles. The van der Waals surface area contributed by atoms with Crippen molar-refractivity contribution < 1.29 is 0 Å². The highest BCUT2D eigenvalue weighted by molar-refractivity contribution is 7.09. The van der Waals surface area contributed by atoms with Crippen LogP contribution in [-0.4, -0.2) is 12.1 Å². The lowest BCUT2D eigenvalue weighted by atomic mass is 9.74. The molecule has 1 N–H and O–H groups in total. The second-order valence-electron chi connectivity index (χ2n) is 6.86. The Morgan fingerprint density at radius 1 is 1.00 bits per heavy atom. The van der Waals surface area contributed by atoms with Gasteiger partial charge in [0.25, 0.3) is 0 Å². The molecule has 0 saturated carbocycles. The van der Waals surface area contributed by atoms with Crippen molar-refractivity contribution in [3.8, 4) is 0 Å². The van der Waals surface area contributed by atoms with Crippen LogP contribution < -0.4 is 5.32 Å². The normalized spacial score (nSPS) is 14.9. The highest BCUT2D eigenvalue weighted by atomic mass is 32.1. The summed E-state index contributed by atoms with van der Waals surface area (Å²) in [5.41, 5.74) is 1.75. The number of nitrogens with one attached hydrogen (secondary N) is 1. The van der Waals surface area contributed by atoms with Crippen LogP contribution in [0.15, 0.2) is 47.8 Å². The number of hydrogen-bond acceptors (Lipinski definition) is 2. The quantitative estimate of drug-likeness (QED) is 0.789. The average Bonchev–Trinajstić information content (AvgIpc) is 2.96. The molecule has 0 spiro atoms. The predicted molar refractivity (Wildman–Crippen MR) is 94.2 cm³/mol. The molecular weight excluding hydrogens is 274 g/mol. The van der Waals surface area contributed by atoms with Gasteiger partial charge < -0.3 is 5.32 Å². The van der Waals surface area contributed by atoms with Crippen molar-refractivity contribution in [2.45, 2.75) is 51.5 Å². The van der Waals surface area contributed by atoms with Gasteiger partial charge in [-0.15, -0.1) is 11.3 Å².